The lowest BCUT2D eigenvalue weighted by molar-refractivity contribution is 0.590. The molecule has 0 unspecified atom stereocenters. The number of nitrogens with zero attached hydrogens (tertiary/aromatic N) is 3. The van der Waals surface area contributed by atoms with Crippen molar-refractivity contribution >= 4 is 29.1 Å². The SMILES string of the molecule is CCN(CC)c1nc(-c2ccc(C(C)(C)C)cc2)nc2ccccc12.Cl. The fourth-order valence-electron chi connectivity index (χ4n) is 3.07. The average Bonchev–Trinajstić information content (AvgIpc) is 2.62. The molecule has 138 valence electrons. The minimum atomic E-state index is 0. The summed E-state index contributed by atoms with van der Waals surface area (Å²) in [5.74, 6) is 1.81. The van der Waals surface area contributed by atoms with Crippen LogP contribution in [-0.2, 0) is 5.41 Å². The van der Waals surface area contributed by atoms with Crippen LogP contribution in [0.3, 0.4) is 0 Å². The maximum absolute atomic E-state index is 4.92. The topological polar surface area (TPSA) is 29.0 Å². The fourth-order valence-corrected chi connectivity index (χ4v) is 3.07. The normalized spacial score (nSPS) is 11.3. The highest BCUT2D eigenvalue weighted by Gasteiger charge is 2.16. The number of para-hydroxylation sites is 1. The largest absolute Gasteiger partial charge is 0.357 e. The Labute approximate surface area is 162 Å². The van der Waals surface area contributed by atoms with Gasteiger partial charge >= 0.3 is 0 Å². The van der Waals surface area contributed by atoms with Gasteiger partial charge in [0.05, 0.1) is 5.52 Å². The van der Waals surface area contributed by atoms with E-state index in [2.05, 4.69) is 82.0 Å². The lowest BCUT2D eigenvalue weighted by Gasteiger charge is -2.22. The summed E-state index contributed by atoms with van der Waals surface area (Å²) in [6.07, 6.45) is 0. The number of anilines is 1. The minimum absolute atomic E-state index is 0. The van der Waals surface area contributed by atoms with Crippen molar-refractivity contribution in [3.05, 3.63) is 54.1 Å². The molecule has 0 spiro atoms. The van der Waals surface area contributed by atoms with Crippen LogP contribution < -0.4 is 4.90 Å². The first-order valence-corrected chi connectivity index (χ1v) is 9.06. The highest BCUT2D eigenvalue weighted by Crippen LogP contribution is 2.29. The van der Waals surface area contributed by atoms with Crippen molar-refractivity contribution in [3.63, 3.8) is 0 Å². The van der Waals surface area contributed by atoms with Gasteiger partial charge in [-0.1, -0.05) is 57.2 Å². The summed E-state index contributed by atoms with van der Waals surface area (Å²) in [7, 11) is 0. The van der Waals surface area contributed by atoms with Gasteiger partial charge in [0.25, 0.3) is 0 Å². The summed E-state index contributed by atoms with van der Waals surface area (Å²) in [4.78, 5) is 12.0. The summed E-state index contributed by atoms with van der Waals surface area (Å²) >= 11 is 0. The Morgan fingerprint density at radius 3 is 2.04 bits per heavy atom. The monoisotopic (exact) mass is 369 g/mol. The molecule has 0 radical (unpaired) electrons. The Kier molecular flexibility index (Phi) is 6.25. The predicted octanol–water partition coefficient (Wildman–Crippen LogP) is 5.86. The first-order chi connectivity index (χ1) is 11.9. The average molecular weight is 370 g/mol. The molecule has 2 aromatic carbocycles. The van der Waals surface area contributed by atoms with Crippen molar-refractivity contribution in [3.8, 4) is 11.4 Å². The number of rotatable bonds is 4. The molecule has 0 atom stereocenters. The number of aromatic nitrogens is 2. The van der Waals surface area contributed by atoms with Crippen molar-refractivity contribution in [1.82, 2.24) is 9.97 Å². The summed E-state index contributed by atoms with van der Waals surface area (Å²) in [6, 6.07) is 16.9. The maximum atomic E-state index is 4.92. The van der Waals surface area contributed by atoms with E-state index in [0.717, 1.165) is 41.2 Å². The molecule has 26 heavy (non-hydrogen) atoms. The smallest absolute Gasteiger partial charge is 0.162 e. The molecular formula is C22H28ClN3. The van der Waals surface area contributed by atoms with Crippen LogP contribution in [0.15, 0.2) is 48.5 Å². The van der Waals surface area contributed by atoms with Gasteiger partial charge in [0.15, 0.2) is 5.82 Å². The fraction of sp³-hybridized carbons (Fsp3) is 0.364. The van der Waals surface area contributed by atoms with Crippen molar-refractivity contribution in [2.45, 2.75) is 40.0 Å². The molecule has 1 aromatic heterocycles. The molecule has 3 rings (SSSR count). The molecule has 0 aliphatic carbocycles. The van der Waals surface area contributed by atoms with Gasteiger partial charge in [0.1, 0.15) is 5.82 Å². The van der Waals surface area contributed by atoms with Crippen molar-refractivity contribution in [2.24, 2.45) is 0 Å². The van der Waals surface area contributed by atoms with Crippen molar-refractivity contribution in [1.29, 1.82) is 0 Å². The van der Waals surface area contributed by atoms with Crippen LogP contribution in [0.5, 0.6) is 0 Å². The Morgan fingerprint density at radius 2 is 1.46 bits per heavy atom. The first kappa shape index (κ1) is 20.2. The van der Waals surface area contributed by atoms with E-state index < -0.39 is 0 Å². The molecule has 0 saturated carbocycles. The van der Waals surface area contributed by atoms with Gasteiger partial charge in [0, 0.05) is 24.0 Å². The van der Waals surface area contributed by atoms with Gasteiger partial charge in [0.2, 0.25) is 0 Å². The van der Waals surface area contributed by atoms with E-state index in [1.807, 2.05) is 6.07 Å². The molecule has 0 aliphatic rings. The second-order valence-corrected chi connectivity index (χ2v) is 7.39. The predicted molar refractivity (Wildman–Crippen MR) is 114 cm³/mol. The van der Waals surface area contributed by atoms with Gasteiger partial charge in [-0.2, -0.15) is 0 Å². The van der Waals surface area contributed by atoms with Gasteiger partial charge in [-0.05, 0) is 37.0 Å². The second-order valence-electron chi connectivity index (χ2n) is 7.39. The Balaban J connectivity index is 0.00000243. The highest BCUT2D eigenvalue weighted by molar-refractivity contribution is 5.91. The molecule has 4 heteroatoms. The molecule has 0 fully saturated rings. The summed E-state index contributed by atoms with van der Waals surface area (Å²) < 4.78 is 0. The van der Waals surface area contributed by atoms with Crippen LogP contribution >= 0.6 is 12.4 Å². The third-order valence-corrected chi connectivity index (χ3v) is 4.66. The molecule has 1 heterocycles. The van der Waals surface area contributed by atoms with Crippen LogP contribution in [0, 0.1) is 0 Å². The molecule has 0 saturated heterocycles. The molecular weight excluding hydrogens is 342 g/mol. The van der Waals surface area contributed by atoms with Gasteiger partial charge in [-0.15, -0.1) is 12.4 Å². The lowest BCUT2D eigenvalue weighted by Crippen LogP contribution is -2.23. The molecule has 0 aliphatic heterocycles. The van der Waals surface area contributed by atoms with Gasteiger partial charge < -0.3 is 4.90 Å². The lowest BCUT2D eigenvalue weighted by atomic mass is 9.87. The minimum Gasteiger partial charge on any atom is -0.357 e. The Morgan fingerprint density at radius 1 is 0.846 bits per heavy atom. The highest BCUT2D eigenvalue weighted by atomic mass is 35.5. The quantitative estimate of drug-likeness (QED) is 0.576. The number of halogens is 1. The summed E-state index contributed by atoms with van der Waals surface area (Å²) in [5, 5.41) is 1.11. The number of hydrogen-bond acceptors (Lipinski definition) is 3. The van der Waals surface area contributed by atoms with E-state index >= 15 is 0 Å². The zero-order valence-electron chi connectivity index (χ0n) is 16.3. The van der Waals surface area contributed by atoms with Crippen LogP contribution in [0.2, 0.25) is 0 Å². The molecule has 3 nitrogen and oxygen atoms in total. The number of fused-ring (bicyclic) bond motifs is 1. The molecule has 0 bridgehead atoms. The summed E-state index contributed by atoms with van der Waals surface area (Å²) in [6.45, 7) is 12.9. The van der Waals surface area contributed by atoms with E-state index in [4.69, 9.17) is 9.97 Å². The van der Waals surface area contributed by atoms with E-state index in [1.54, 1.807) is 0 Å². The van der Waals surface area contributed by atoms with Crippen LogP contribution in [-0.4, -0.2) is 23.1 Å². The molecule has 0 amide bonds. The zero-order chi connectivity index (χ0) is 18.0. The molecule has 3 aromatic rings. The number of benzene rings is 2. The van der Waals surface area contributed by atoms with Gasteiger partial charge in [-0.25, -0.2) is 9.97 Å². The van der Waals surface area contributed by atoms with Crippen LogP contribution in [0.25, 0.3) is 22.3 Å². The number of hydrogen-bond donors (Lipinski definition) is 0. The van der Waals surface area contributed by atoms with Crippen molar-refractivity contribution in [2.75, 3.05) is 18.0 Å². The van der Waals surface area contributed by atoms with Crippen LogP contribution in [0.4, 0.5) is 5.82 Å². The first-order valence-electron chi connectivity index (χ1n) is 9.06. The van der Waals surface area contributed by atoms with E-state index in [0.29, 0.717) is 0 Å². The standard InChI is InChI=1S/C22H27N3.ClH/c1-6-25(7-2)21-18-10-8-9-11-19(18)23-20(24-21)16-12-14-17(15-13-16)22(3,4)5;/h8-15H,6-7H2,1-5H3;1H. The Bertz CT molecular complexity index is 863. The molecule has 0 N–H and O–H groups in total. The second kappa shape index (κ2) is 8.05. The van der Waals surface area contributed by atoms with Gasteiger partial charge in [-0.3, -0.25) is 0 Å². The third kappa shape index (κ3) is 3.99. The van der Waals surface area contributed by atoms with E-state index in [1.165, 1.54) is 5.56 Å². The van der Waals surface area contributed by atoms with E-state index in [9.17, 15) is 0 Å². The summed E-state index contributed by atoms with van der Waals surface area (Å²) in [5.41, 5.74) is 3.53. The Hall–Kier alpha value is -2.13. The van der Waals surface area contributed by atoms with E-state index in [-0.39, 0.29) is 17.8 Å². The zero-order valence-corrected chi connectivity index (χ0v) is 17.1. The van der Waals surface area contributed by atoms with Crippen molar-refractivity contribution < 1.29 is 0 Å². The van der Waals surface area contributed by atoms with Crippen LogP contribution in [0.1, 0.15) is 40.2 Å². The third-order valence-electron chi connectivity index (χ3n) is 4.66. The maximum Gasteiger partial charge on any atom is 0.162 e.